The summed E-state index contributed by atoms with van der Waals surface area (Å²) in [5.41, 5.74) is 0.504. The average Bonchev–Trinajstić information content (AvgIpc) is 2.56. The van der Waals surface area contributed by atoms with Crippen LogP contribution < -0.4 is 0 Å². The van der Waals surface area contributed by atoms with Gasteiger partial charge in [0.1, 0.15) is 0 Å². The first-order chi connectivity index (χ1) is 12.0. The Morgan fingerprint density at radius 2 is 1.73 bits per heavy atom. The van der Waals surface area contributed by atoms with Crippen LogP contribution >= 0.6 is 0 Å². The highest BCUT2D eigenvalue weighted by Gasteiger charge is 2.32. The molecule has 0 saturated heterocycles. The fraction of sp³-hybridized carbons (Fsp3) is 0.471. The minimum atomic E-state index is -3.63. The second-order valence-corrected chi connectivity index (χ2v) is 7.87. The molecule has 1 rings (SSSR count). The Kier molecular flexibility index (Phi) is 7.03. The molecule has 0 spiro atoms. The van der Waals surface area contributed by atoms with Crippen LogP contribution in [0.2, 0.25) is 0 Å². The summed E-state index contributed by atoms with van der Waals surface area (Å²) in [6.07, 6.45) is 0.000519. The van der Waals surface area contributed by atoms with Gasteiger partial charge in [-0.15, -0.1) is 0 Å². The summed E-state index contributed by atoms with van der Waals surface area (Å²) in [6, 6.07) is 4.26. The molecular formula is C17H22N2O6S. The Morgan fingerprint density at radius 1 is 1.19 bits per heavy atom. The molecule has 8 nitrogen and oxygen atoms in total. The normalized spacial score (nSPS) is 12.5. The van der Waals surface area contributed by atoms with Gasteiger partial charge in [-0.1, -0.05) is 0 Å². The van der Waals surface area contributed by atoms with Gasteiger partial charge < -0.3 is 14.4 Å². The monoisotopic (exact) mass is 382 g/mol. The first kappa shape index (κ1) is 21.8. The van der Waals surface area contributed by atoms with E-state index >= 15 is 0 Å². The third kappa shape index (κ3) is 4.27. The van der Waals surface area contributed by atoms with E-state index in [0.29, 0.717) is 0 Å². The van der Waals surface area contributed by atoms with E-state index in [1.54, 1.807) is 6.07 Å². The fourth-order valence-electron chi connectivity index (χ4n) is 2.56. The summed E-state index contributed by atoms with van der Waals surface area (Å²) in [5.74, 6) is -2.89. The SMILES string of the molecule is COC(OC)c1c(S(C)(=O)=O)ccc(C(=O)C(C#N)C(=O)N(C)C)c1C. The number of amides is 1. The van der Waals surface area contributed by atoms with Crippen molar-refractivity contribution >= 4 is 21.5 Å². The Balaban J connectivity index is 3.67. The number of methoxy groups -OCH3 is 2. The van der Waals surface area contributed by atoms with Gasteiger partial charge in [0, 0.05) is 45.7 Å². The van der Waals surface area contributed by atoms with Crippen molar-refractivity contribution < 1.29 is 27.5 Å². The number of sulfone groups is 1. The molecule has 0 aliphatic heterocycles. The van der Waals surface area contributed by atoms with Crippen molar-refractivity contribution in [3.63, 3.8) is 0 Å². The molecule has 0 fully saturated rings. The first-order valence-electron chi connectivity index (χ1n) is 7.55. The molecule has 1 unspecified atom stereocenters. The van der Waals surface area contributed by atoms with Gasteiger partial charge in [-0.25, -0.2) is 8.42 Å². The van der Waals surface area contributed by atoms with Crippen LogP contribution in [0.25, 0.3) is 0 Å². The van der Waals surface area contributed by atoms with E-state index in [4.69, 9.17) is 9.47 Å². The van der Waals surface area contributed by atoms with Gasteiger partial charge in [-0.2, -0.15) is 5.26 Å². The number of carbonyl (C=O) groups is 2. The van der Waals surface area contributed by atoms with E-state index in [2.05, 4.69) is 0 Å². The predicted molar refractivity (Wildman–Crippen MR) is 93.2 cm³/mol. The maximum absolute atomic E-state index is 12.8. The molecule has 0 radical (unpaired) electrons. The molecule has 1 aromatic rings. The van der Waals surface area contributed by atoms with Crippen molar-refractivity contribution in [3.8, 4) is 6.07 Å². The molecule has 1 atom stereocenters. The molecule has 1 amide bonds. The molecule has 142 valence electrons. The van der Waals surface area contributed by atoms with Gasteiger partial charge in [0.15, 0.2) is 27.8 Å². The van der Waals surface area contributed by atoms with Gasteiger partial charge in [-0.05, 0) is 24.6 Å². The molecule has 0 aromatic heterocycles. The maximum atomic E-state index is 12.8. The first-order valence-corrected chi connectivity index (χ1v) is 9.44. The van der Waals surface area contributed by atoms with Crippen molar-refractivity contribution in [1.82, 2.24) is 4.90 Å². The summed E-state index contributed by atoms with van der Waals surface area (Å²) in [7, 11) is 1.92. The fourth-order valence-corrected chi connectivity index (χ4v) is 3.52. The number of benzene rings is 1. The maximum Gasteiger partial charge on any atom is 0.247 e. The van der Waals surface area contributed by atoms with Crippen LogP contribution in [0.15, 0.2) is 17.0 Å². The summed E-state index contributed by atoms with van der Waals surface area (Å²) in [4.78, 5) is 26.0. The summed E-state index contributed by atoms with van der Waals surface area (Å²) in [6.45, 7) is 1.52. The van der Waals surface area contributed by atoms with Gasteiger partial charge in [0.2, 0.25) is 5.91 Å². The Morgan fingerprint density at radius 3 is 2.12 bits per heavy atom. The Labute approximate surface area is 153 Å². The van der Waals surface area contributed by atoms with Crippen LogP contribution in [-0.2, 0) is 24.1 Å². The van der Waals surface area contributed by atoms with Crippen LogP contribution in [0.4, 0.5) is 0 Å². The van der Waals surface area contributed by atoms with Crippen LogP contribution in [0, 0.1) is 24.2 Å². The number of ether oxygens (including phenoxy) is 2. The van der Waals surface area contributed by atoms with Crippen LogP contribution in [-0.4, -0.2) is 59.6 Å². The molecule has 0 saturated carbocycles. The molecule has 0 N–H and O–H groups in total. The average molecular weight is 382 g/mol. The highest BCUT2D eigenvalue weighted by Crippen LogP contribution is 2.32. The van der Waals surface area contributed by atoms with Gasteiger partial charge in [0.25, 0.3) is 0 Å². The number of carbonyl (C=O) groups excluding carboxylic acids is 2. The molecule has 0 aliphatic rings. The van der Waals surface area contributed by atoms with Crippen molar-refractivity contribution in [2.45, 2.75) is 18.1 Å². The van der Waals surface area contributed by atoms with E-state index in [1.165, 1.54) is 47.4 Å². The second-order valence-electron chi connectivity index (χ2n) is 5.88. The lowest BCUT2D eigenvalue weighted by Gasteiger charge is -2.22. The predicted octanol–water partition coefficient (Wildman–Crippen LogP) is 1.10. The van der Waals surface area contributed by atoms with Crippen molar-refractivity contribution in [3.05, 3.63) is 28.8 Å². The van der Waals surface area contributed by atoms with Crippen LogP contribution in [0.3, 0.4) is 0 Å². The standard InChI is InChI=1S/C17H22N2O6S/c1-10-11(15(20)12(9-18)16(21)19(2)3)7-8-13(26(6,22)23)14(10)17(24-4)25-5/h7-8,12,17H,1-6H3. The summed E-state index contributed by atoms with van der Waals surface area (Å²) in [5, 5.41) is 9.26. The molecule has 0 bridgehead atoms. The number of nitriles is 1. The van der Waals surface area contributed by atoms with Gasteiger partial charge in [-0.3, -0.25) is 9.59 Å². The van der Waals surface area contributed by atoms with E-state index < -0.39 is 33.7 Å². The number of Topliss-reactive ketones (excluding diaryl/α,β-unsaturated/α-hetero) is 1. The van der Waals surface area contributed by atoms with E-state index in [1.807, 2.05) is 0 Å². The van der Waals surface area contributed by atoms with Crippen molar-refractivity contribution in [1.29, 1.82) is 5.26 Å². The van der Waals surface area contributed by atoms with E-state index in [9.17, 15) is 23.3 Å². The number of hydrogen-bond acceptors (Lipinski definition) is 7. The minimum Gasteiger partial charge on any atom is -0.352 e. The minimum absolute atomic E-state index is 0.0484. The quantitative estimate of drug-likeness (QED) is 0.394. The topological polar surface area (TPSA) is 114 Å². The van der Waals surface area contributed by atoms with E-state index in [0.717, 1.165) is 11.2 Å². The molecule has 1 aromatic carbocycles. The third-order valence-corrected chi connectivity index (χ3v) is 5.04. The zero-order chi connectivity index (χ0) is 20.2. The van der Waals surface area contributed by atoms with Crippen molar-refractivity contribution in [2.75, 3.05) is 34.6 Å². The number of nitrogens with zero attached hydrogens (tertiary/aromatic N) is 2. The van der Waals surface area contributed by atoms with Gasteiger partial charge >= 0.3 is 0 Å². The van der Waals surface area contributed by atoms with E-state index in [-0.39, 0.29) is 21.6 Å². The number of rotatable bonds is 7. The van der Waals surface area contributed by atoms with Crippen molar-refractivity contribution in [2.24, 2.45) is 5.92 Å². The third-order valence-electron chi connectivity index (χ3n) is 3.88. The number of ketones is 1. The lowest BCUT2D eigenvalue weighted by atomic mass is 9.91. The highest BCUT2D eigenvalue weighted by atomic mass is 32.2. The largest absolute Gasteiger partial charge is 0.352 e. The lowest BCUT2D eigenvalue weighted by Crippen LogP contribution is -2.34. The zero-order valence-electron chi connectivity index (χ0n) is 15.6. The Hall–Kier alpha value is -2.28. The zero-order valence-corrected chi connectivity index (χ0v) is 16.4. The Bertz CT molecular complexity index is 851. The molecule has 26 heavy (non-hydrogen) atoms. The molecule has 0 aliphatic carbocycles. The van der Waals surface area contributed by atoms with Crippen LogP contribution in [0.1, 0.15) is 27.8 Å². The second kappa shape index (κ2) is 8.40. The summed E-state index contributed by atoms with van der Waals surface area (Å²) >= 11 is 0. The molecule has 0 heterocycles. The molecule has 9 heteroatoms. The van der Waals surface area contributed by atoms with Crippen LogP contribution in [0.5, 0.6) is 0 Å². The lowest BCUT2D eigenvalue weighted by molar-refractivity contribution is -0.129. The smallest absolute Gasteiger partial charge is 0.247 e. The van der Waals surface area contributed by atoms with Gasteiger partial charge in [0.05, 0.1) is 11.0 Å². The summed E-state index contributed by atoms with van der Waals surface area (Å²) < 4.78 is 34.5. The number of hydrogen-bond donors (Lipinski definition) is 0. The highest BCUT2D eigenvalue weighted by molar-refractivity contribution is 7.90. The molecular weight excluding hydrogens is 360 g/mol.